The quantitative estimate of drug-likeness (QED) is 0.321. The van der Waals surface area contributed by atoms with Crippen molar-refractivity contribution >= 4 is 17.2 Å². The van der Waals surface area contributed by atoms with Gasteiger partial charge in [-0.1, -0.05) is 12.1 Å². The maximum absolute atomic E-state index is 12.8. The summed E-state index contributed by atoms with van der Waals surface area (Å²) in [6.07, 6.45) is -1.69. The molecule has 0 N–H and O–H groups in total. The maximum Gasteiger partial charge on any atom is 0.416 e. The summed E-state index contributed by atoms with van der Waals surface area (Å²) in [5, 5.41) is 10.9. The van der Waals surface area contributed by atoms with Crippen molar-refractivity contribution in [1.29, 1.82) is 0 Å². The molecule has 1 aliphatic rings. The van der Waals surface area contributed by atoms with Crippen molar-refractivity contribution in [2.45, 2.75) is 32.5 Å². The number of allylic oxidation sites excluding steroid dienone is 1. The zero-order chi connectivity index (χ0) is 23.3. The molecule has 0 spiro atoms. The van der Waals surface area contributed by atoms with Crippen LogP contribution in [0.15, 0.2) is 54.7 Å². The summed E-state index contributed by atoms with van der Waals surface area (Å²) in [5.74, 6) is -0.365. The molecule has 32 heavy (non-hydrogen) atoms. The summed E-state index contributed by atoms with van der Waals surface area (Å²) in [7, 11) is 0. The third-order valence-corrected chi connectivity index (χ3v) is 5.22. The number of hydrogen-bond donors (Lipinski definition) is 0. The van der Waals surface area contributed by atoms with Gasteiger partial charge in [-0.25, -0.2) is 0 Å². The van der Waals surface area contributed by atoms with Crippen LogP contribution in [0.3, 0.4) is 0 Å². The van der Waals surface area contributed by atoms with Crippen molar-refractivity contribution in [1.82, 2.24) is 4.90 Å². The third kappa shape index (κ3) is 6.09. The van der Waals surface area contributed by atoms with E-state index < -0.39 is 16.7 Å². The van der Waals surface area contributed by atoms with Gasteiger partial charge >= 0.3 is 12.1 Å². The molecule has 6 nitrogen and oxygen atoms in total. The lowest BCUT2D eigenvalue weighted by atomic mass is 9.89. The number of rotatable bonds is 7. The van der Waals surface area contributed by atoms with Gasteiger partial charge in [-0.15, -0.1) is 0 Å². The van der Waals surface area contributed by atoms with Gasteiger partial charge in [0, 0.05) is 31.4 Å². The number of halogens is 3. The number of benzene rings is 2. The summed E-state index contributed by atoms with van der Waals surface area (Å²) in [6, 6.07) is 11.2. The Morgan fingerprint density at radius 3 is 2.38 bits per heavy atom. The molecule has 2 aromatic rings. The van der Waals surface area contributed by atoms with E-state index in [4.69, 9.17) is 4.74 Å². The van der Waals surface area contributed by atoms with Crippen molar-refractivity contribution in [2.75, 3.05) is 13.2 Å². The lowest BCUT2D eigenvalue weighted by Gasteiger charge is -2.33. The molecular formula is C23H23F3N2O4. The largest absolute Gasteiger partial charge is 0.466 e. The summed E-state index contributed by atoms with van der Waals surface area (Å²) in [5.41, 5.74) is 1.67. The summed E-state index contributed by atoms with van der Waals surface area (Å²) < 4.78 is 43.5. The first-order valence-electron chi connectivity index (χ1n) is 10.2. The number of non-ortho nitro benzene ring substituents is 1. The van der Waals surface area contributed by atoms with Crippen molar-refractivity contribution < 1.29 is 27.6 Å². The van der Waals surface area contributed by atoms with E-state index in [2.05, 4.69) is 0 Å². The second-order valence-electron chi connectivity index (χ2n) is 7.66. The summed E-state index contributed by atoms with van der Waals surface area (Å²) in [6.45, 7) is 2.92. The first-order valence-corrected chi connectivity index (χ1v) is 10.2. The molecule has 1 aliphatic heterocycles. The van der Waals surface area contributed by atoms with Gasteiger partial charge in [-0.05, 0) is 60.2 Å². The average molecular weight is 448 g/mol. The van der Waals surface area contributed by atoms with E-state index >= 15 is 0 Å². The highest BCUT2D eigenvalue weighted by Gasteiger charge is 2.30. The fraction of sp³-hybridized carbons (Fsp3) is 0.348. The van der Waals surface area contributed by atoms with Gasteiger partial charge in [0.05, 0.1) is 23.5 Å². The smallest absolute Gasteiger partial charge is 0.416 e. The van der Waals surface area contributed by atoms with Crippen LogP contribution in [0.25, 0.3) is 5.57 Å². The number of hydrogen-bond acceptors (Lipinski definition) is 5. The van der Waals surface area contributed by atoms with Crippen molar-refractivity contribution in [2.24, 2.45) is 5.92 Å². The van der Waals surface area contributed by atoms with Gasteiger partial charge < -0.3 is 9.64 Å². The molecule has 0 radical (unpaired) electrons. The van der Waals surface area contributed by atoms with Crippen LogP contribution < -0.4 is 0 Å². The maximum atomic E-state index is 12.8. The molecule has 9 heteroatoms. The molecule has 1 unspecified atom stereocenters. The number of ether oxygens (including phenoxy) is 1. The van der Waals surface area contributed by atoms with Gasteiger partial charge in [-0.3, -0.25) is 14.9 Å². The van der Waals surface area contributed by atoms with E-state index in [1.807, 2.05) is 11.1 Å². The Labute approximate surface area is 183 Å². The topological polar surface area (TPSA) is 72.7 Å². The molecule has 0 saturated carbocycles. The molecule has 0 fully saturated rings. The van der Waals surface area contributed by atoms with E-state index in [0.29, 0.717) is 25.1 Å². The second-order valence-corrected chi connectivity index (χ2v) is 7.66. The predicted octanol–water partition coefficient (Wildman–Crippen LogP) is 5.43. The van der Waals surface area contributed by atoms with Crippen LogP contribution >= 0.6 is 0 Å². The van der Waals surface area contributed by atoms with E-state index in [-0.39, 0.29) is 30.6 Å². The minimum atomic E-state index is -4.39. The number of alkyl halides is 3. The third-order valence-electron chi connectivity index (χ3n) is 5.22. The Kier molecular flexibility index (Phi) is 7.17. The molecule has 0 saturated heterocycles. The van der Waals surface area contributed by atoms with Gasteiger partial charge in [0.15, 0.2) is 0 Å². The highest BCUT2D eigenvalue weighted by atomic mass is 19.4. The average Bonchev–Trinajstić information content (AvgIpc) is 2.73. The minimum absolute atomic E-state index is 0.0187. The Morgan fingerprint density at radius 1 is 1.16 bits per heavy atom. The van der Waals surface area contributed by atoms with Crippen molar-refractivity contribution in [3.8, 4) is 0 Å². The van der Waals surface area contributed by atoms with Crippen LogP contribution in [0.4, 0.5) is 18.9 Å². The molecule has 170 valence electrons. The molecule has 0 aromatic heterocycles. The predicted molar refractivity (Wildman–Crippen MR) is 112 cm³/mol. The molecule has 0 amide bonds. The van der Waals surface area contributed by atoms with Crippen LogP contribution in [-0.4, -0.2) is 28.9 Å². The fourth-order valence-electron chi connectivity index (χ4n) is 3.76. The fourth-order valence-corrected chi connectivity index (χ4v) is 3.76. The van der Waals surface area contributed by atoms with Crippen LogP contribution in [0.2, 0.25) is 0 Å². The van der Waals surface area contributed by atoms with Crippen molar-refractivity contribution in [3.63, 3.8) is 0 Å². The number of nitro groups is 1. The normalized spacial score (nSPS) is 16.4. The molecule has 1 heterocycles. The number of nitrogens with zero attached hydrogens (tertiary/aromatic N) is 2. The molecular weight excluding hydrogens is 425 g/mol. The lowest BCUT2D eigenvalue weighted by molar-refractivity contribution is -0.384. The molecule has 3 rings (SSSR count). The van der Waals surface area contributed by atoms with Gasteiger partial charge in [0.25, 0.3) is 5.69 Å². The van der Waals surface area contributed by atoms with E-state index in [0.717, 1.165) is 23.3 Å². The zero-order valence-corrected chi connectivity index (χ0v) is 17.5. The van der Waals surface area contributed by atoms with Crippen molar-refractivity contribution in [3.05, 3.63) is 81.5 Å². The van der Waals surface area contributed by atoms with E-state index in [9.17, 15) is 28.1 Å². The van der Waals surface area contributed by atoms with Crippen LogP contribution in [0.1, 0.15) is 36.5 Å². The van der Waals surface area contributed by atoms with Gasteiger partial charge in [0.1, 0.15) is 0 Å². The van der Waals surface area contributed by atoms with Crippen LogP contribution in [0.5, 0.6) is 0 Å². The number of carbonyl (C=O) groups excluding carboxylic acids is 1. The van der Waals surface area contributed by atoms with Gasteiger partial charge in [-0.2, -0.15) is 13.2 Å². The Bertz CT molecular complexity index is 986. The molecule has 1 atom stereocenters. The van der Waals surface area contributed by atoms with Crippen LogP contribution in [0, 0.1) is 16.0 Å². The first-order chi connectivity index (χ1) is 15.2. The molecule has 0 aliphatic carbocycles. The Hall–Kier alpha value is -3.36. The summed E-state index contributed by atoms with van der Waals surface area (Å²) >= 11 is 0. The number of nitro benzene ring substituents is 1. The lowest BCUT2D eigenvalue weighted by Crippen LogP contribution is -2.30. The molecule has 2 aromatic carbocycles. The Balaban J connectivity index is 1.82. The Morgan fingerprint density at radius 2 is 1.81 bits per heavy atom. The second kappa shape index (κ2) is 9.84. The van der Waals surface area contributed by atoms with E-state index in [1.54, 1.807) is 19.1 Å². The van der Waals surface area contributed by atoms with Gasteiger partial charge in [0.2, 0.25) is 0 Å². The number of carbonyl (C=O) groups is 1. The highest BCUT2D eigenvalue weighted by molar-refractivity contribution is 5.72. The van der Waals surface area contributed by atoms with E-state index in [1.165, 1.54) is 24.3 Å². The highest BCUT2D eigenvalue weighted by Crippen LogP contribution is 2.33. The van der Waals surface area contributed by atoms with Crippen LogP contribution in [-0.2, 0) is 22.3 Å². The summed E-state index contributed by atoms with van der Waals surface area (Å²) in [4.78, 5) is 24.4. The number of esters is 1. The monoisotopic (exact) mass is 448 g/mol. The zero-order valence-electron chi connectivity index (χ0n) is 17.5. The SMILES string of the molecule is CCOC(=O)CC1CC(c2ccc([N+](=O)[O-])cc2)=CN(Cc2ccc(C(F)(F)F)cc2)C1. The first kappa shape index (κ1) is 23.3. The molecule has 0 bridgehead atoms. The standard InChI is InChI=1S/C23H23F3N2O4/c1-2-32-22(29)12-17-11-19(18-5-9-21(10-6-18)28(30)31)15-27(14-17)13-16-3-7-20(8-4-16)23(24,25)26/h3-10,15,17H,2,11-14H2,1H3. The minimum Gasteiger partial charge on any atom is -0.466 e.